The van der Waals surface area contributed by atoms with Crippen LogP contribution < -0.4 is 0 Å². The van der Waals surface area contributed by atoms with Gasteiger partial charge in [-0.05, 0) is 35.0 Å². The van der Waals surface area contributed by atoms with Crippen LogP contribution in [0, 0.1) is 5.82 Å². The minimum atomic E-state index is -1.01. The van der Waals surface area contributed by atoms with E-state index in [-0.39, 0.29) is 10.6 Å². The second-order valence-electron chi connectivity index (χ2n) is 2.73. The number of rotatable bonds is 2. The van der Waals surface area contributed by atoms with Crippen molar-refractivity contribution in [1.82, 2.24) is 0 Å². The second-order valence-corrected chi connectivity index (χ2v) is 3.99. The van der Waals surface area contributed by atoms with E-state index in [0.717, 1.165) is 0 Å². The molecule has 1 atom stereocenters. The molecule has 0 saturated carbocycles. The van der Waals surface area contributed by atoms with Crippen LogP contribution in [-0.4, -0.2) is 5.11 Å². The zero-order chi connectivity index (χ0) is 10.7. The van der Waals surface area contributed by atoms with Crippen LogP contribution in [0.4, 0.5) is 4.39 Å². The van der Waals surface area contributed by atoms with Crippen LogP contribution >= 0.6 is 27.5 Å². The largest absolute Gasteiger partial charge is 0.384 e. The van der Waals surface area contributed by atoms with Gasteiger partial charge in [-0.3, -0.25) is 0 Å². The lowest BCUT2D eigenvalue weighted by atomic mass is 10.1. The maximum atomic E-state index is 13.5. The summed E-state index contributed by atoms with van der Waals surface area (Å²) < 4.78 is 13.8. The Morgan fingerprint density at radius 3 is 2.79 bits per heavy atom. The van der Waals surface area contributed by atoms with Crippen molar-refractivity contribution in [1.29, 1.82) is 0 Å². The van der Waals surface area contributed by atoms with Gasteiger partial charge in [-0.1, -0.05) is 23.8 Å². The third-order valence-corrected chi connectivity index (χ3v) is 2.69. The monoisotopic (exact) mass is 278 g/mol. The van der Waals surface area contributed by atoms with Crippen LogP contribution in [0.25, 0.3) is 0 Å². The van der Waals surface area contributed by atoms with Crippen molar-refractivity contribution < 1.29 is 9.50 Å². The van der Waals surface area contributed by atoms with E-state index in [0.29, 0.717) is 4.47 Å². The summed E-state index contributed by atoms with van der Waals surface area (Å²) in [6.45, 7) is 1.74. The van der Waals surface area contributed by atoms with Gasteiger partial charge in [0, 0.05) is 10.6 Å². The van der Waals surface area contributed by atoms with Crippen LogP contribution in [0.3, 0.4) is 0 Å². The van der Waals surface area contributed by atoms with E-state index in [1.807, 2.05) is 0 Å². The van der Waals surface area contributed by atoms with E-state index in [1.165, 1.54) is 18.2 Å². The Bertz CT molecular complexity index is 365. The lowest BCUT2D eigenvalue weighted by Gasteiger charge is -2.10. The van der Waals surface area contributed by atoms with E-state index in [2.05, 4.69) is 15.9 Å². The highest BCUT2D eigenvalue weighted by molar-refractivity contribution is 9.10. The average Bonchev–Trinajstić information content (AvgIpc) is 2.13. The fraction of sp³-hybridized carbons (Fsp3) is 0.200. The van der Waals surface area contributed by atoms with Crippen molar-refractivity contribution in [2.45, 2.75) is 13.0 Å². The molecule has 0 radical (unpaired) electrons. The summed E-state index contributed by atoms with van der Waals surface area (Å²) in [6, 6.07) is 3.04. The number of hydrogen-bond acceptors (Lipinski definition) is 1. The van der Waals surface area contributed by atoms with Gasteiger partial charge in [0.05, 0.1) is 4.47 Å². The SMILES string of the molecule is C/C=C/C(O)c1c(Cl)ccc(Br)c1F. The fourth-order valence-corrected chi connectivity index (χ4v) is 1.70. The first-order valence-electron chi connectivity index (χ1n) is 4.02. The molecule has 0 aliphatic rings. The molecule has 0 amide bonds. The molecule has 0 spiro atoms. The van der Waals surface area contributed by atoms with Gasteiger partial charge in [-0.2, -0.15) is 0 Å². The molecule has 0 aliphatic carbocycles. The van der Waals surface area contributed by atoms with Crippen LogP contribution in [0.1, 0.15) is 18.6 Å². The minimum absolute atomic E-state index is 0.0964. The number of halogens is 3. The van der Waals surface area contributed by atoms with Crippen molar-refractivity contribution in [2.24, 2.45) is 0 Å². The highest BCUT2D eigenvalue weighted by Gasteiger charge is 2.16. The van der Waals surface area contributed by atoms with E-state index in [4.69, 9.17) is 11.6 Å². The van der Waals surface area contributed by atoms with Crippen LogP contribution in [-0.2, 0) is 0 Å². The molecule has 1 aromatic carbocycles. The lowest BCUT2D eigenvalue weighted by Crippen LogP contribution is -1.99. The molecule has 1 nitrogen and oxygen atoms in total. The van der Waals surface area contributed by atoms with Crippen molar-refractivity contribution in [3.05, 3.63) is 45.2 Å². The van der Waals surface area contributed by atoms with Gasteiger partial charge < -0.3 is 5.11 Å². The van der Waals surface area contributed by atoms with Crippen LogP contribution in [0.2, 0.25) is 5.02 Å². The zero-order valence-corrected chi connectivity index (χ0v) is 9.81. The molecule has 76 valence electrons. The summed E-state index contributed by atoms with van der Waals surface area (Å²) >= 11 is 8.81. The third kappa shape index (κ3) is 2.35. The van der Waals surface area contributed by atoms with Gasteiger partial charge in [0.25, 0.3) is 0 Å². The number of aliphatic hydroxyl groups is 1. The standard InChI is InChI=1S/C10H9BrClFO/c1-2-3-8(14)9-7(12)5-4-6(11)10(9)13/h2-5,8,14H,1H3/b3-2+. The molecule has 1 N–H and O–H groups in total. The van der Waals surface area contributed by atoms with E-state index >= 15 is 0 Å². The second kappa shape index (κ2) is 4.91. The van der Waals surface area contributed by atoms with Gasteiger partial charge in [0.1, 0.15) is 11.9 Å². The lowest BCUT2D eigenvalue weighted by molar-refractivity contribution is 0.223. The average molecular weight is 280 g/mol. The topological polar surface area (TPSA) is 20.2 Å². The smallest absolute Gasteiger partial charge is 0.144 e. The quantitative estimate of drug-likeness (QED) is 0.644. The number of benzene rings is 1. The number of hydrogen-bond donors (Lipinski definition) is 1. The maximum absolute atomic E-state index is 13.5. The molecule has 1 aromatic rings. The molecule has 0 heterocycles. The first-order chi connectivity index (χ1) is 6.57. The number of allylic oxidation sites excluding steroid dienone is 1. The first kappa shape index (κ1) is 11.7. The Balaban J connectivity index is 3.24. The molecule has 1 rings (SSSR count). The van der Waals surface area contributed by atoms with Gasteiger partial charge in [0.15, 0.2) is 0 Å². The Hall–Kier alpha value is -0.380. The third-order valence-electron chi connectivity index (χ3n) is 1.75. The predicted octanol–water partition coefficient (Wildman–Crippen LogP) is 3.85. The van der Waals surface area contributed by atoms with Crippen molar-refractivity contribution in [2.75, 3.05) is 0 Å². The van der Waals surface area contributed by atoms with Gasteiger partial charge >= 0.3 is 0 Å². The van der Waals surface area contributed by atoms with Gasteiger partial charge in [-0.15, -0.1) is 0 Å². The maximum Gasteiger partial charge on any atom is 0.144 e. The predicted molar refractivity (Wildman–Crippen MR) is 58.9 cm³/mol. The molecular formula is C10H9BrClFO. The zero-order valence-electron chi connectivity index (χ0n) is 7.47. The Kier molecular flexibility index (Phi) is 4.11. The van der Waals surface area contributed by atoms with Gasteiger partial charge in [0.2, 0.25) is 0 Å². The van der Waals surface area contributed by atoms with E-state index < -0.39 is 11.9 Å². The van der Waals surface area contributed by atoms with Crippen molar-refractivity contribution >= 4 is 27.5 Å². The van der Waals surface area contributed by atoms with Crippen LogP contribution in [0.15, 0.2) is 28.8 Å². The molecule has 0 saturated heterocycles. The molecule has 4 heteroatoms. The summed E-state index contributed by atoms with van der Waals surface area (Å²) in [5.41, 5.74) is 0.0964. The summed E-state index contributed by atoms with van der Waals surface area (Å²) in [6.07, 6.45) is 2.10. The molecular weight excluding hydrogens is 270 g/mol. The Morgan fingerprint density at radius 2 is 2.21 bits per heavy atom. The minimum Gasteiger partial charge on any atom is -0.384 e. The molecule has 0 aliphatic heterocycles. The molecule has 1 unspecified atom stereocenters. The summed E-state index contributed by atoms with van der Waals surface area (Å²) in [4.78, 5) is 0. The fourth-order valence-electron chi connectivity index (χ4n) is 1.09. The van der Waals surface area contributed by atoms with Crippen molar-refractivity contribution in [3.8, 4) is 0 Å². The van der Waals surface area contributed by atoms with Crippen LogP contribution in [0.5, 0.6) is 0 Å². The Labute approximate surface area is 95.3 Å². The normalized spacial score (nSPS) is 13.5. The first-order valence-corrected chi connectivity index (χ1v) is 5.19. The van der Waals surface area contributed by atoms with E-state index in [1.54, 1.807) is 13.0 Å². The van der Waals surface area contributed by atoms with Gasteiger partial charge in [-0.25, -0.2) is 4.39 Å². The molecule has 0 bridgehead atoms. The Morgan fingerprint density at radius 1 is 1.57 bits per heavy atom. The summed E-state index contributed by atoms with van der Waals surface area (Å²) in [5.74, 6) is -0.525. The molecule has 14 heavy (non-hydrogen) atoms. The van der Waals surface area contributed by atoms with Crippen molar-refractivity contribution in [3.63, 3.8) is 0 Å². The highest BCUT2D eigenvalue weighted by Crippen LogP contribution is 2.31. The van der Waals surface area contributed by atoms with E-state index in [9.17, 15) is 9.50 Å². The number of aliphatic hydroxyl groups excluding tert-OH is 1. The molecule has 0 fully saturated rings. The summed E-state index contributed by atoms with van der Waals surface area (Å²) in [5, 5.41) is 9.79. The highest BCUT2D eigenvalue weighted by atomic mass is 79.9. The molecule has 0 aromatic heterocycles. The summed E-state index contributed by atoms with van der Waals surface area (Å²) in [7, 11) is 0.